The standard InChI is InChI=1S/C11H5BF3NO2/c12-10-9(16-8(5-17)18-10)6-1-3-7(4-2-6)11(13,14)15/h1-5H. The molecule has 2 rings (SSSR count). The predicted molar refractivity (Wildman–Crippen MR) is 57.7 cm³/mol. The largest absolute Gasteiger partial charge is 0.451 e. The average Bonchev–Trinajstić information content (AvgIpc) is 2.70. The number of carbonyl (C=O) groups excluding carboxylic acids is 1. The van der Waals surface area contributed by atoms with Gasteiger partial charge in [-0.1, -0.05) is 12.1 Å². The summed E-state index contributed by atoms with van der Waals surface area (Å²) in [5.41, 5.74) is -0.399. The van der Waals surface area contributed by atoms with E-state index < -0.39 is 11.7 Å². The van der Waals surface area contributed by atoms with Gasteiger partial charge in [0.05, 0.1) is 11.2 Å². The fourth-order valence-corrected chi connectivity index (χ4v) is 1.42. The highest BCUT2D eigenvalue weighted by molar-refractivity contribution is 6.33. The van der Waals surface area contributed by atoms with Crippen molar-refractivity contribution in [3.05, 3.63) is 35.7 Å². The van der Waals surface area contributed by atoms with Crippen LogP contribution < -0.4 is 5.66 Å². The van der Waals surface area contributed by atoms with Crippen LogP contribution in [-0.4, -0.2) is 19.1 Å². The van der Waals surface area contributed by atoms with Gasteiger partial charge in [0.1, 0.15) is 5.69 Å². The minimum Gasteiger partial charge on any atom is -0.451 e. The lowest BCUT2D eigenvalue weighted by molar-refractivity contribution is -0.137. The lowest BCUT2D eigenvalue weighted by Gasteiger charge is -2.06. The molecule has 0 bridgehead atoms. The highest BCUT2D eigenvalue weighted by Crippen LogP contribution is 2.30. The summed E-state index contributed by atoms with van der Waals surface area (Å²) < 4.78 is 41.9. The van der Waals surface area contributed by atoms with E-state index in [0.29, 0.717) is 11.8 Å². The number of benzene rings is 1. The number of hydrogen-bond donors (Lipinski definition) is 0. The molecule has 0 aliphatic carbocycles. The Balaban J connectivity index is 2.40. The summed E-state index contributed by atoms with van der Waals surface area (Å²) in [5, 5.41) is 0. The zero-order valence-electron chi connectivity index (χ0n) is 8.86. The summed E-state index contributed by atoms with van der Waals surface area (Å²) in [4.78, 5) is 14.2. The summed E-state index contributed by atoms with van der Waals surface area (Å²) in [7, 11) is 5.46. The van der Waals surface area contributed by atoms with E-state index in [-0.39, 0.29) is 17.2 Å². The van der Waals surface area contributed by atoms with Crippen molar-refractivity contribution in [3.63, 3.8) is 0 Å². The first-order valence-corrected chi connectivity index (χ1v) is 4.81. The molecule has 2 aromatic rings. The Morgan fingerprint density at radius 2 is 1.83 bits per heavy atom. The van der Waals surface area contributed by atoms with Crippen molar-refractivity contribution < 1.29 is 22.4 Å². The molecular weight excluding hydrogens is 246 g/mol. The van der Waals surface area contributed by atoms with Crippen LogP contribution in [0.3, 0.4) is 0 Å². The minimum absolute atomic E-state index is 0.114. The van der Waals surface area contributed by atoms with Crippen LogP contribution in [0.25, 0.3) is 11.3 Å². The monoisotopic (exact) mass is 251 g/mol. The predicted octanol–water partition coefficient (Wildman–Crippen LogP) is 1.97. The Labute approximate surface area is 101 Å². The van der Waals surface area contributed by atoms with Crippen LogP contribution >= 0.6 is 0 Å². The Morgan fingerprint density at radius 3 is 2.28 bits per heavy atom. The third kappa shape index (κ3) is 2.29. The van der Waals surface area contributed by atoms with E-state index in [1.54, 1.807) is 0 Å². The number of hydrogen-bond acceptors (Lipinski definition) is 3. The van der Waals surface area contributed by atoms with Gasteiger partial charge in [-0.05, 0) is 12.1 Å². The molecule has 0 spiro atoms. The van der Waals surface area contributed by atoms with Crippen LogP contribution in [-0.2, 0) is 6.18 Å². The van der Waals surface area contributed by atoms with Crippen molar-refractivity contribution in [1.29, 1.82) is 0 Å². The quantitative estimate of drug-likeness (QED) is 0.605. The second kappa shape index (κ2) is 4.32. The lowest BCUT2D eigenvalue weighted by atomic mass is 9.99. The van der Waals surface area contributed by atoms with Gasteiger partial charge in [-0.2, -0.15) is 13.2 Å². The topological polar surface area (TPSA) is 43.1 Å². The molecule has 7 heteroatoms. The van der Waals surface area contributed by atoms with Crippen molar-refractivity contribution in [1.82, 2.24) is 4.98 Å². The molecule has 0 fully saturated rings. The van der Waals surface area contributed by atoms with Crippen molar-refractivity contribution in [2.75, 3.05) is 0 Å². The van der Waals surface area contributed by atoms with E-state index in [1.165, 1.54) is 12.1 Å². The van der Waals surface area contributed by atoms with Gasteiger partial charge in [0, 0.05) is 5.56 Å². The van der Waals surface area contributed by atoms with Crippen LogP contribution in [0.15, 0.2) is 28.7 Å². The Hall–Kier alpha value is -2.05. The number of aromatic nitrogens is 1. The third-order valence-electron chi connectivity index (χ3n) is 2.26. The molecule has 0 aliphatic rings. The second-order valence-corrected chi connectivity index (χ2v) is 3.46. The highest BCUT2D eigenvalue weighted by atomic mass is 19.4. The molecule has 1 aromatic heterocycles. The SMILES string of the molecule is [B]c1oc(C=O)nc1-c1ccc(C(F)(F)F)cc1. The normalized spacial score (nSPS) is 11.5. The van der Waals surface area contributed by atoms with Gasteiger partial charge in [0.15, 0.2) is 7.85 Å². The number of halogens is 3. The Bertz CT molecular complexity index is 575. The van der Waals surface area contributed by atoms with Gasteiger partial charge in [-0.25, -0.2) is 4.98 Å². The Kier molecular flexibility index (Phi) is 2.98. The van der Waals surface area contributed by atoms with Gasteiger partial charge in [0.25, 0.3) is 5.89 Å². The molecule has 1 aromatic carbocycles. The summed E-state index contributed by atoms with van der Waals surface area (Å²) >= 11 is 0. The van der Waals surface area contributed by atoms with Crippen LogP contribution in [0.5, 0.6) is 0 Å². The zero-order chi connectivity index (χ0) is 13.3. The van der Waals surface area contributed by atoms with E-state index in [2.05, 4.69) is 4.98 Å². The molecular formula is C11H5BF3NO2. The molecule has 0 saturated heterocycles. The maximum Gasteiger partial charge on any atom is 0.416 e. The number of oxazole rings is 1. The number of rotatable bonds is 2. The Morgan fingerprint density at radius 1 is 1.22 bits per heavy atom. The molecule has 90 valence electrons. The molecule has 0 aliphatic heterocycles. The van der Waals surface area contributed by atoms with Crippen molar-refractivity contribution in [3.8, 4) is 11.3 Å². The average molecular weight is 251 g/mol. The maximum atomic E-state index is 12.4. The van der Waals surface area contributed by atoms with Crippen molar-refractivity contribution in [2.24, 2.45) is 0 Å². The summed E-state index contributed by atoms with van der Waals surface area (Å²) in [6.45, 7) is 0. The number of carbonyl (C=O) groups is 1. The molecule has 0 amide bonds. The summed E-state index contributed by atoms with van der Waals surface area (Å²) in [5.74, 6) is -0.220. The highest BCUT2D eigenvalue weighted by Gasteiger charge is 2.30. The van der Waals surface area contributed by atoms with Crippen LogP contribution in [0, 0.1) is 0 Å². The van der Waals surface area contributed by atoms with E-state index >= 15 is 0 Å². The van der Waals surface area contributed by atoms with E-state index in [0.717, 1.165) is 12.1 Å². The van der Waals surface area contributed by atoms with Gasteiger partial charge >= 0.3 is 6.18 Å². The van der Waals surface area contributed by atoms with E-state index in [9.17, 15) is 18.0 Å². The molecule has 0 N–H and O–H groups in total. The fraction of sp³-hybridized carbons (Fsp3) is 0.0909. The molecule has 18 heavy (non-hydrogen) atoms. The van der Waals surface area contributed by atoms with Crippen molar-refractivity contribution in [2.45, 2.75) is 6.18 Å². The van der Waals surface area contributed by atoms with Crippen molar-refractivity contribution >= 4 is 19.8 Å². The first-order valence-electron chi connectivity index (χ1n) is 4.81. The third-order valence-corrected chi connectivity index (χ3v) is 2.26. The first-order chi connectivity index (χ1) is 8.41. The number of nitrogens with zero attached hydrogens (tertiary/aromatic N) is 1. The summed E-state index contributed by atoms with van der Waals surface area (Å²) in [6, 6.07) is 4.24. The van der Waals surface area contributed by atoms with Crippen LogP contribution in [0.4, 0.5) is 13.2 Å². The lowest BCUT2D eigenvalue weighted by Crippen LogP contribution is -2.05. The van der Waals surface area contributed by atoms with Gasteiger partial charge in [0.2, 0.25) is 6.29 Å². The van der Waals surface area contributed by atoms with Gasteiger partial charge in [-0.15, -0.1) is 0 Å². The first kappa shape index (κ1) is 12.4. The summed E-state index contributed by atoms with van der Waals surface area (Å²) in [6.07, 6.45) is -4.04. The van der Waals surface area contributed by atoms with Crippen LogP contribution in [0.1, 0.15) is 16.2 Å². The molecule has 0 unspecified atom stereocenters. The van der Waals surface area contributed by atoms with E-state index in [1.807, 2.05) is 0 Å². The molecule has 0 atom stereocenters. The second-order valence-electron chi connectivity index (χ2n) is 3.46. The minimum atomic E-state index is -4.40. The smallest absolute Gasteiger partial charge is 0.416 e. The number of alkyl halides is 3. The molecule has 2 radical (unpaired) electrons. The zero-order valence-corrected chi connectivity index (χ0v) is 8.86. The molecule has 3 nitrogen and oxygen atoms in total. The fourth-order valence-electron chi connectivity index (χ4n) is 1.42. The number of aldehydes is 1. The van der Waals surface area contributed by atoms with Crippen LogP contribution in [0.2, 0.25) is 0 Å². The van der Waals surface area contributed by atoms with Gasteiger partial charge < -0.3 is 4.42 Å². The van der Waals surface area contributed by atoms with E-state index in [4.69, 9.17) is 12.3 Å². The maximum absolute atomic E-state index is 12.4. The molecule has 1 heterocycles. The van der Waals surface area contributed by atoms with Gasteiger partial charge in [-0.3, -0.25) is 4.79 Å². The molecule has 0 saturated carbocycles.